The summed E-state index contributed by atoms with van der Waals surface area (Å²) in [6.07, 6.45) is -0.617. The predicted octanol–water partition coefficient (Wildman–Crippen LogP) is 0.624. The fourth-order valence-electron chi connectivity index (χ4n) is 1.56. The number of aliphatic carboxylic acids is 1. The first-order chi connectivity index (χ1) is 9.11. The lowest BCUT2D eigenvalue weighted by molar-refractivity contribution is -0.139. The highest BCUT2D eigenvalue weighted by atomic mass is 32.2. The molecule has 8 heteroatoms. The second-order valence-electron chi connectivity index (χ2n) is 4.11. The lowest BCUT2D eigenvalue weighted by Crippen LogP contribution is -2.43. The van der Waals surface area contributed by atoms with Crippen LogP contribution in [0.1, 0.15) is 6.42 Å². The van der Waals surface area contributed by atoms with E-state index < -0.39 is 12.1 Å². The van der Waals surface area contributed by atoms with E-state index in [0.29, 0.717) is 11.8 Å². The number of carboxylic acid groups (broad SMARTS) is 1. The summed E-state index contributed by atoms with van der Waals surface area (Å²) in [6.45, 7) is 0.835. The molecule has 1 aliphatic heterocycles. The van der Waals surface area contributed by atoms with Crippen molar-refractivity contribution in [3.05, 3.63) is 0 Å². The number of carbonyl (C=O) groups is 2. The Bertz CT molecular complexity index is 298. The smallest absolute Gasteiger partial charge is 0.314 e. The first-order valence-corrected chi connectivity index (χ1v) is 8.27. The third-order valence-corrected chi connectivity index (χ3v) is 5.45. The third kappa shape index (κ3) is 7.54. The van der Waals surface area contributed by atoms with Crippen molar-refractivity contribution in [2.45, 2.75) is 17.8 Å². The van der Waals surface area contributed by atoms with E-state index >= 15 is 0 Å². The number of ether oxygens (including phenoxy) is 1. The summed E-state index contributed by atoms with van der Waals surface area (Å²) in [5.74, 6) is 2.43. The molecule has 6 nitrogen and oxygen atoms in total. The van der Waals surface area contributed by atoms with Crippen LogP contribution in [-0.4, -0.2) is 65.9 Å². The minimum absolute atomic E-state index is 0.119. The summed E-state index contributed by atoms with van der Waals surface area (Å²) in [5, 5.41) is 14.5. The van der Waals surface area contributed by atoms with Crippen molar-refractivity contribution in [2.24, 2.45) is 0 Å². The fourth-order valence-corrected chi connectivity index (χ4v) is 4.18. The van der Waals surface area contributed by atoms with Gasteiger partial charge < -0.3 is 20.5 Å². The van der Waals surface area contributed by atoms with Crippen molar-refractivity contribution in [3.8, 4) is 0 Å². The molecule has 110 valence electrons. The molecule has 1 fully saturated rings. The second kappa shape index (κ2) is 9.33. The van der Waals surface area contributed by atoms with E-state index in [9.17, 15) is 9.59 Å². The second-order valence-corrected chi connectivity index (χ2v) is 6.67. The van der Waals surface area contributed by atoms with Crippen LogP contribution >= 0.6 is 23.5 Å². The Kier molecular flexibility index (Phi) is 8.08. The highest BCUT2D eigenvalue weighted by Crippen LogP contribution is 2.23. The number of carboxylic acids is 1. The van der Waals surface area contributed by atoms with E-state index in [-0.39, 0.29) is 19.0 Å². The highest BCUT2D eigenvalue weighted by molar-refractivity contribution is 8.06. The van der Waals surface area contributed by atoms with Crippen molar-refractivity contribution in [1.29, 1.82) is 0 Å². The van der Waals surface area contributed by atoms with Crippen LogP contribution in [-0.2, 0) is 9.53 Å². The number of nitrogens with one attached hydrogen (secondary N) is 2. The fraction of sp³-hybridized carbons (Fsp3) is 0.818. The van der Waals surface area contributed by atoms with Crippen LogP contribution < -0.4 is 10.6 Å². The van der Waals surface area contributed by atoms with Crippen LogP contribution in [0.5, 0.6) is 0 Å². The molecule has 2 amide bonds. The van der Waals surface area contributed by atoms with Gasteiger partial charge in [0.15, 0.2) is 0 Å². The van der Waals surface area contributed by atoms with Crippen molar-refractivity contribution in [3.63, 3.8) is 0 Å². The van der Waals surface area contributed by atoms with Gasteiger partial charge in [-0.15, -0.1) is 0 Å². The minimum Gasteiger partial charge on any atom is -0.481 e. The topological polar surface area (TPSA) is 87.7 Å². The number of hydrogen-bond acceptors (Lipinski definition) is 5. The summed E-state index contributed by atoms with van der Waals surface area (Å²) in [5.41, 5.74) is 0. The van der Waals surface area contributed by atoms with Crippen LogP contribution in [0.4, 0.5) is 4.79 Å². The number of hydrogen-bond donors (Lipinski definition) is 3. The van der Waals surface area contributed by atoms with E-state index in [1.54, 1.807) is 0 Å². The molecular weight excluding hydrogens is 288 g/mol. The molecule has 0 spiro atoms. The maximum absolute atomic E-state index is 11.6. The lowest BCUT2D eigenvalue weighted by atomic mass is 10.2. The van der Waals surface area contributed by atoms with Gasteiger partial charge in [-0.3, -0.25) is 4.79 Å². The Morgan fingerprint density at radius 3 is 2.79 bits per heavy atom. The minimum atomic E-state index is -0.940. The zero-order chi connectivity index (χ0) is 14.1. The normalized spacial score (nSPS) is 20.6. The highest BCUT2D eigenvalue weighted by Gasteiger charge is 2.16. The Morgan fingerprint density at radius 1 is 1.42 bits per heavy atom. The molecule has 2 atom stereocenters. The van der Waals surface area contributed by atoms with Crippen molar-refractivity contribution >= 4 is 35.5 Å². The van der Waals surface area contributed by atoms with E-state index in [0.717, 1.165) is 11.5 Å². The molecule has 0 saturated carbocycles. The number of carbonyl (C=O) groups excluding carboxylic acids is 1. The summed E-state index contributed by atoms with van der Waals surface area (Å²) in [6, 6.07) is -0.274. The van der Waals surface area contributed by atoms with Crippen molar-refractivity contribution in [1.82, 2.24) is 10.6 Å². The van der Waals surface area contributed by atoms with Gasteiger partial charge in [-0.2, -0.15) is 23.5 Å². The Hall–Kier alpha value is -0.600. The van der Waals surface area contributed by atoms with E-state index in [1.807, 2.05) is 23.5 Å². The molecular formula is C11H20N2O4S2. The van der Waals surface area contributed by atoms with E-state index in [4.69, 9.17) is 9.84 Å². The van der Waals surface area contributed by atoms with Gasteiger partial charge in [0.2, 0.25) is 0 Å². The van der Waals surface area contributed by atoms with Crippen molar-refractivity contribution in [2.75, 3.05) is 37.5 Å². The van der Waals surface area contributed by atoms with Crippen molar-refractivity contribution < 1.29 is 19.4 Å². The van der Waals surface area contributed by atoms with Gasteiger partial charge in [0, 0.05) is 42.7 Å². The number of thioether (sulfide) groups is 2. The van der Waals surface area contributed by atoms with Crippen LogP contribution in [0.15, 0.2) is 0 Å². The molecule has 0 radical (unpaired) electrons. The lowest BCUT2D eigenvalue weighted by Gasteiger charge is -2.21. The average Bonchev–Trinajstić information content (AvgIpc) is 2.42. The molecule has 1 saturated heterocycles. The molecule has 0 aromatic carbocycles. The Balaban J connectivity index is 2.13. The van der Waals surface area contributed by atoms with Gasteiger partial charge in [0.25, 0.3) is 0 Å². The molecule has 2 unspecified atom stereocenters. The molecule has 3 N–H and O–H groups in total. The van der Waals surface area contributed by atoms with Gasteiger partial charge in [-0.1, -0.05) is 0 Å². The largest absolute Gasteiger partial charge is 0.481 e. The zero-order valence-electron chi connectivity index (χ0n) is 10.9. The summed E-state index contributed by atoms with van der Waals surface area (Å²) >= 11 is 3.78. The van der Waals surface area contributed by atoms with Gasteiger partial charge >= 0.3 is 12.0 Å². The molecule has 0 aliphatic carbocycles. The number of urea groups is 1. The van der Waals surface area contributed by atoms with Crippen LogP contribution in [0, 0.1) is 0 Å². The first kappa shape index (κ1) is 16.5. The summed E-state index contributed by atoms with van der Waals surface area (Å²) in [4.78, 5) is 22.1. The number of rotatable bonds is 7. The monoisotopic (exact) mass is 308 g/mol. The summed E-state index contributed by atoms with van der Waals surface area (Å²) < 4.78 is 4.98. The Labute approximate surface area is 121 Å². The average molecular weight is 308 g/mol. The van der Waals surface area contributed by atoms with Crippen LogP contribution in [0.2, 0.25) is 0 Å². The first-order valence-electron chi connectivity index (χ1n) is 6.07. The number of methoxy groups -OCH3 is 1. The van der Waals surface area contributed by atoms with E-state index in [2.05, 4.69) is 10.6 Å². The molecule has 0 aromatic heterocycles. The van der Waals surface area contributed by atoms with Gasteiger partial charge in [0.1, 0.15) is 0 Å². The van der Waals surface area contributed by atoms with E-state index in [1.165, 1.54) is 12.9 Å². The molecule has 1 aliphatic rings. The molecule has 1 rings (SSSR count). The van der Waals surface area contributed by atoms with Crippen LogP contribution in [0.25, 0.3) is 0 Å². The quantitative estimate of drug-likeness (QED) is 0.639. The molecule has 0 aromatic rings. The SMILES string of the molecule is COC(CNC(=O)NCC1CSCCS1)CC(=O)O. The zero-order valence-corrected chi connectivity index (χ0v) is 12.5. The maximum atomic E-state index is 11.6. The Morgan fingerprint density at radius 2 is 2.21 bits per heavy atom. The standard InChI is InChI=1S/C11H20N2O4S2/c1-17-8(4-10(14)15)5-12-11(16)13-6-9-7-18-2-3-19-9/h8-9H,2-7H2,1H3,(H,14,15)(H2,12,13,16). The van der Waals surface area contributed by atoms with Gasteiger partial charge in [-0.05, 0) is 0 Å². The molecule has 1 heterocycles. The predicted molar refractivity (Wildman–Crippen MR) is 78.0 cm³/mol. The number of amides is 2. The van der Waals surface area contributed by atoms with Crippen LogP contribution in [0.3, 0.4) is 0 Å². The van der Waals surface area contributed by atoms with Gasteiger partial charge in [0.05, 0.1) is 12.5 Å². The summed E-state index contributed by atoms with van der Waals surface area (Å²) in [7, 11) is 1.43. The maximum Gasteiger partial charge on any atom is 0.314 e. The third-order valence-electron chi connectivity index (χ3n) is 2.60. The van der Waals surface area contributed by atoms with Gasteiger partial charge in [-0.25, -0.2) is 4.79 Å². The molecule has 0 bridgehead atoms. The molecule has 19 heavy (non-hydrogen) atoms.